The Bertz CT molecular complexity index is 575. The highest BCUT2D eigenvalue weighted by Gasteiger charge is 2.21. The van der Waals surface area contributed by atoms with Crippen LogP contribution in [0.15, 0.2) is 29.4 Å². The van der Waals surface area contributed by atoms with Crippen LogP contribution in [0.1, 0.15) is 12.8 Å². The highest BCUT2D eigenvalue weighted by atomic mass is 33.1. The van der Waals surface area contributed by atoms with Crippen LogP contribution in [-0.4, -0.2) is 58.6 Å². The van der Waals surface area contributed by atoms with E-state index in [9.17, 15) is 9.90 Å². The highest BCUT2D eigenvalue weighted by molar-refractivity contribution is 8.76. The van der Waals surface area contributed by atoms with Crippen molar-refractivity contribution in [3.05, 3.63) is 24.4 Å². The summed E-state index contributed by atoms with van der Waals surface area (Å²) in [5.41, 5.74) is 0. The number of aliphatic hydroxyl groups excluding tert-OH is 1. The predicted molar refractivity (Wildman–Crippen MR) is 110 cm³/mol. The van der Waals surface area contributed by atoms with Crippen molar-refractivity contribution in [3.63, 3.8) is 0 Å². The number of pyridine rings is 1. The summed E-state index contributed by atoms with van der Waals surface area (Å²) >= 11 is 1.64. The van der Waals surface area contributed by atoms with Gasteiger partial charge in [0.25, 0.3) is 0 Å². The number of thioether (sulfide) groups is 1. The molecule has 142 valence electrons. The number of hydrogen-bond acceptors (Lipinski definition) is 7. The fraction of sp³-hybridized carbons (Fsp3) is 0.556. The van der Waals surface area contributed by atoms with Crippen LogP contribution in [0.25, 0.3) is 0 Å². The van der Waals surface area contributed by atoms with Crippen LogP contribution in [-0.2, 0) is 9.53 Å². The molecule has 1 fully saturated rings. The van der Waals surface area contributed by atoms with Crippen molar-refractivity contribution < 1.29 is 14.6 Å². The summed E-state index contributed by atoms with van der Waals surface area (Å²) in [5.74, 6) is 4.23. The van der Waals surface area contributed by atoms with E-state index in [1.54, 1.807) is 39.5 Å². The Morgan fingerprint density at radius 3 is 3.08 bits per heavy atom. The fourth-order valence-corrected chi connectivity index (χ4v) is 5.21. The van der Waals surface area contributed by atoms with E-state index in [-0.39, 0.29) is 18.1 Å². The monoisotopic (exact) mass is 412 g/mol. The van der Waals surface area contributed by atoms with E-state index in [4.69, 9.17) is 11.2 Å². The predicted octanol–water partition coefficient (Wildman–Crippen LogP) is 2.46. The smallest absolute Gasteiger partial charge is 0.236 e. The molecule has 0 aliphatic carbocycles. The number of carbonyl (C=O) groups is 1. The van der Waals surface area contributed by atoms with Gasteiger partial charge in [-0.05, 0) is 35.8 Å². The third kappa shape index (κ3) is 8.23. The summed E-state index contributed by atoms with van der Waals surface area (Å²) in [6.07, 6.45) is 8.71. The number of nitrogens with zero attached hydrogens (tertiary/aromatic N) is 1. The number of nitrogens with one attached hydrogen (secondary N) is 1. The van der Waals surface area contributed by atoms with Gasteiger partial charge in [-0.3, -0.25) is 4.79 Å². The molecule has 26 heavy (non-hydrogen) atoms. The molecule has 1 aliphatic rings. The van der Waals surface area contributed by atoms with Gasteiger partial charge < -0.3 is 15.2 Å². The molecule has 0 spiro atoms. The van der Waals surface area contributed by atoms with Crippen molar-refractivity contribution in [2.24, 2.45) is 5.92 Å². The summed E-state index contributed by atoms with van der Waals surface area (Å²) in [6.45, 7) is 0.980. The first-order valence-corrected chi connectivity index (χ1v) is 12.0. The quantitative estimate of drug-likeness (QED) is 0.347. The van der Waals surface area contributed by atoms with Gasteiger partial charge in [0.2, 0.25) is 5.91 Å². The van der Waals surface area contributed by atoms with Crippen molar-refractivity contribution in [1.82, 2.24) is 10.3 Å². The van der Waals surface area contributed by atoms with E-state index in [2.05, 4.69) is 16.2 Å². The topological polar surface area (TPSA) is 71.5 Å². The maximum absolute atomic E-state index is 12.2. The van der Waals surface area contributed by atoms with Gasteiger partial charge in [0.1, 0.15) is 10.9 Å². The van der Waals surface area contributed by atoms with E-state index in [0.29, 0.717) is 18.9 Å². The lowest BCUT2D eigenvalue weighted by Gasteiger charge is -2.26. The molecule has 0 radical (unpaired) electrons. The molecule has 1 saturated heterocycles. The van der Waals surface area contributed by atoms with Crippen LogP contribution in [0, 0.1) is 18.3 Å². The largest absolute Gasteiger partial charge is 0.391 e. The standard InChI is InChI=1S/C18H24N2O3S3/c1-2-14(12-24-13-16-7-6-15(21)11-23-16)18(22)20-9-10-25-26-17-5-3-4-8-19-17/h1,3-5,8,14-16,21H,6-7,9-13H2,(H,20,22)/t14-,15?,16?/m1/s1. The third-order valence-corrected chi connectivity index (χ3v) is 7.16. The second kappa shape index (κ2) is 12.5. The Balaban J connectivity index is 1.55. The van der Waals surface area contributed by atoms with E-state index in [0.717, 1.165) is 29.4 Å². The molecule has 2 N–H and O–H groups in total. The zero-order valence-corrected chi connectivity index (χ0v) is 17.0. The number of carbonyl (C=O) groups excluding carboxylic acids is 1. The highest BCUT2D eigenvalue weighted by Crippen LogP contribution is 2.28. The minimum absolute atomic E-state index is 0.0941. The molecule has 8 heteroatoms. The Morgan fingerprint density at radius 2 is 2.38 bits per heavy atom. The number of hydrogen-bond donors (Lipinski definition) is 2. The second-order valence-corrected chi connectivity index (χ2v) is 9.32. The van der Waals surface area contributed by atoms with Crippen LogP contribution < -0.4 is 5.32 Å². The van der Waals surface area contributed by atoms with Crippen molar-refractivity contribution in [1.29, 1.82) is 0 Å². The average molecular weight is 413 g/mol. The van der Waals surface area contributed by atoms with Crippen LogP contribution in [0.4, 0.5) is 0 Å². The summed E-state index contributed by atoms with van der Waals surface area (Å²) in [6, 6.07) is 5.79. The average Bonchev–Trinajstić information content (AvgIpc) is 2.67. The molecule has 1 amide bonds. The lowest BCUT2D eigenvalue weighted by Crippen LogP contribution is -2.33. The van der Waals surface area contributed by atoms with Gasteiger partial charge in [0.15, 0.2) is 0 Å². The lowest BCUT2D eigenvalue weighted by molar-refractivity contribution is -0.122. The molecule has 1 aromatic rings. The van der Waals surface area contributed by atoms with Crippen LogP contribution in [0.2, 0.25) is 0 Å². The number of amides is 1. The summed E-state index contributed by atoms with van der Waals surface area (Å²) in [4.78, 5) is 16.4. The van der Waals surface area contributed by atoms with Gasteiger partial charge in [0.05, 0.1) is 18.8 Å². The molecule has 0 aromatic carbocycles. The molecule has 1 aromatic heterocycles. The van der Waals surface area contributed by atoms with Crippen molar-refractivity contribution in [2.75, 3.05) is 30.4 Å². The molecule has 1 aliphatic heterocycles. The number of terminal acetylenes is 1. The fourth-order valence-electron chi connectivity index (χ4n) is 2.28. The van der Waals surface area contributed by atoms with Gasteiger partial charge >= 0.3 is 0 Å². The summed E-state index contributed by atoms with van der Waals surface area (Å²) < 4.78 is 5.56. The van der Waals surface area contributed by atoms with Gasteiger partial charge in [-0.25, -0.2) is 4.98 Å². The minimum atomic E-state index is -0.428. The Kier molecular flexibility index (Phi) is 10.3. The Hall–Kier alpha value is -0.850. The molecule has 0 bridgehead atoms. The number of ether oxygens (including phenoxy) is 1. The molecule has 2 unspecified atom stereocenters. The van der Waals surface area contributed by atoms with Crippen LogP contribution in [0.3, 0.4) is 0 Å². The van der Waals surface area contributed by atoms with Gasteiger partial charge in [-0.15, -0.1) is 6.42 Å². The van der Waals surface area contributed by atoms with Gasteiger partial charge in [0, 0.05) is 30.0 Å². The molecule has 0 saturated carbocycles. The first-order valence-electron chi connectivity index (χ1n) is 8.50. The van der Waals surface area contributed by atoms with Gasteiger partial charge in [-0.2, -0.15) is 11.8 Å². The molecule has 2 heterocycles. The first kappa shape index (κ1) is 21.5. The molecular formula is C18H24N2O3S3. The first-order chi connectivity index (χ1) is 12.7. The van der Waals surface area contributed by atoms with Gasteiger partial charge in [-0.1, -0.05) is 22.8 Å². The van der Waals surface area contributed by atoms with Crippen LogP contribution >= 0.6 is 33.3 Å². The molecule has 3 atom stereocenters. The van der Waals surface area contributed by atoms with Crippen molar-refractivity contribution in [3.8, 4) is 12.3 Å². The zero-order valence-electron chi connectivity index (χ0n) is 14.5. The lowest BCUT2D eigenvalue weighted by atomic mass is 10.1. The Morgan fingerprint density at radius 1 is 1.50 bits per heavy atom. The zero-order chi connectivity index (χ0) is 18.6. The summed E-state index contributed by atoms with van der Waals surface area (Å²) in [5, 5.41) is 13.3. The molecule has 2 rings (SSSR count). The number of aliphatic hydroxyl groups is 1. The Labute approximate surface area is 167 Å². The van der Waals surface area contributed by atoms with E-state index < -0.39 is 5.92 Å². The number of aromatic nitrogens is 1. The van der Waals surface area contributed by atoms with E-state index in [1.807, 2.05) is 18.2 Å². The third-order valence-electron chi connectivity index (χ3n) is 3.72. The molecule has 5 nitrogen and oxygen atoms in total. The normalized spacial score (nSPS) is 20.9. The SMILES string of the molecule is C#C[C@H](CSCC1CCC(O)CO1)C(=O)NCCSSc1ccccn1. The maximum Gasteiger partial charge on any atom is 0.236 e. The summed E-state index contributed by atoms with van der Waals surface area (Å²) in [7, 11) is 3.24. The van der Waals surface area contributed by atoms with E-state index in [1.165, 1.54) is 0 Å². The molecular weight excluding hydrogens is 388 g/mol. The second-order valence-electron chi connectivity index (χ2n) is 5.81. The minimum Gasteiger partial charge on any atom is -0.391 e. The number of rotatable bonds is 10. The van der Waals surface area contributed by atoms with Crippen molar-refractivity contribution in [2.45, 2.75) is 30.1 Å². The van der Waals surface area contributed by atoms with Crippen molar-refractivity contribution >= 4 is 39.3 Å². The van der Waals surface area contributed by atoms with E-state index >= 15 is 0 Å². The maximum atomic E-state index is 12.2. The van der Waals surface area contributed by atoms with Crippen LogP contribution in [0.5, 0.6) is 0 Å².